The van der Waals surface area contributed by atoms with Crippen molar-refractivity contribution in [2.45, 2.75) is 18.0 Å². The van der Waals surface area contributed by atoms with E-state index in [2.05, 4.69) is 5.32 Å². The lowest BCUT2D eigenvalue weighted by Gasteiger charge is -2.33. The average Bonchev–Trinajstić information content (AvgIpc) is 3.30. The number of fused-ring (bicyclic) bond motifs is 1. The highest BCUT2D eigenvalue weighted by atomic mass is 16.7. The van der Waals surface area contributed by atoms with Crippen LogP contribution in [0.25, 0.3) is 0 Å². The van der Waals surface area contributed by atoms with Gasteiger partial charge < -0.3 is 24.6 Å². The number of ether oxygens (including phenoxy) is 3. The van der Waals surface area contributed by atoms with Crippen molar-refractivity contribution in [3.63, 3.8) is 0 Å². The van der Waals surface area contributed by atoms with Crippen LogP contribution in [0.5, 0.6) is 5.75 Å². The number of carbonyl (C=O) groups is 2. The SMILES string of the molecule is COC1(OC)C(NC(=O)c2ccccc2O)=CC(=O)[C@@H]2O[C@H]21. The summed E-state index contributed by atoms with van der Waals surface area (Å²) in [5.41, 5.74) is 0.227. The van der Waals surface area contributed by atoms with Gasteiger partial charge in [0.1, 0.15) is 5.75 Å². The number of aromatic hydroxyl groups is 1. The predicted molar refractivity (Wildman–Crippen MR) is 74.1 cm³/mol. The van der Waals surface area contributed by atoms with E-state index >= 15 is 0 Å². The Morgan fingerprint density at radius 3 is 2.64 bits per heavy atom. The molecule has 0 radical (unpaired) electrons. The van der Waals surface area contributed by atoms with Gasteiger partial charge in [0.15, 0.2) is 18.0 Å². The van der Waals surface area contributed by atoms with Gasteiger partial charge in [0.2, 0.25) is 5.79 Å². The van der Waals surface area contributed by atoms with Crippen LogP contribution < -0.4 is 5.32 Å². The maximum atomic E-state index is 12.3. The van der Waals surface area contributed by atoms with Crippen molar-refractivity contribution in [2.24, 2.45) is 0 Å². The molecule has 7 nitrogen and oxygen atoms in total. The first-order valence-corrected chi connectivity index (χ1v) is 6.64. The first-order chi connectivity index (χ1) is 10.5. The molecule has 1 aliphatic heterocycles. The molecule has 2 aliphatic rings. The molecule has 1 aliphatic carbocycles. The third-order valence-corrected chi connectivity index (χ3v) is 3.81. The zero-order chi connectivity index (χ0) is 15.9. The number of carbonyl (C=O) groups excluding carboxylic acids is 2. The second-order valence-electron chi connectivity index (χ2n) is 4.98. The third kappa shape index (κ3) is 2.10. The molecule has 0 unspecified atom stereocenters. The molecular formula is C15H15NO6. The summed E-state index contributed by atoms with van der Waals surface area (Å²) in [7, 11) is 2.80. The molecule has 3 rings (SSSR count). The van der Waals surface area contributed by atoms with Crippen molar-refractivity contribution in [1.82, 2.24) is 5.32 Å². The zero-order valence-corrected chi connectivity index (χ0v) is 12.0. The lowest BCUT2D eigenvalue weighted by molar-refractivity contribution is -0.194. The number of phenols is 1. The fourth-order valence-electron chi connectivity index (χ4n) is 2.61. The summed E-state index contributed by atoms with van der Waals surface area (Å²) in [5, 5.41) is 12.3. The highest BCUT2D eigenvalue weighted by molar-refractivity contribution is 6.02. The Bertz CT molecular complexity index is 664. The highest BCUT2D eigenvalue weighted by Gasteiger charge is 2.64. The molecule has 1 fully saturated rings. The van der Waals surface area contributed by atoms with E-state index in [4.69, 9.17) is 14.2 Å². The van der Waals surface area contributed by atoms with Crippen LogP contribution in [-0.4, -0.2) is 49.0 Å². The molecular weight excluding hydrogens is 290 g/mol. The molecule has 2 N–H and O–H groups in total. The van der Waals surface area contributed by atoms with Crippen molar-refractivity contribution in [3.05, 3.63) is 41.6 Å². The van der Waals surface area contributed by atoms with E-state index in [1.165, 1.54) is 32.4 Å². The first-order valence-electron chi connectivity index (χ1n) is 6.64. The van der Waals surface area contributed by atoms with Gasteiger partial charge >= 0.3 is 0 Å². The lowest BCUT2D eigenvalue weighted by atomic mass is 9.96. The van der Waals surface area contributed by atoms with Gasteiger partial charge in [-0.1, -0.05) is 12.1 Å². The van der Waals surface area contributed by atoms with Crippen molar-refractivity contribution < 1.29 is 28.9 Å². The Kier molecular flexibility index (Phi) is 3.48. The van der Waals surface area contributed by atoms with Gasteiger partial charge in [0.25, 0.3) is 5.91 Å². The molecule has 1 aromatic rings. The van der Waals surface area contributed by atoms with Gasteiger partial charge in [-0.15, -0.1) is 0 Å². The van der Waals surface area contributed by atoms with Crippen molar-refractivity contribution in [1.29, 1.82) is 0 Å². The van der Waals surface area contributed by atoms with E-state index in [9.17, 15) is 14.7 Å². The largest absolute Gasteiger partial charge is 0.507 e. The van der Waals surface area contributed by atoms with Crippen molar-refractivity contribution >= 4 is 11.7 Å². The Balaban J connectivity index is 1.91. The van der Waals surface area contributed by atoms with Crippen LogP contribution in [0, 0.1) is 0 Å². The normalized spacial score (nSPS) is 25.2. The second kappa shape index (κ2) is 5.20. The number of phenolic OH excluding ortho intramolecular Hbond substituents is 1. The number of ketones is 1. The van der Waals surface area contributed by atoms with Crippen LogP contribution >= 0.6 is 0 Å². The molecule has 0 aromatic heterocycles. The van der Waals surface area contributed by atoms with Crippen LogP contribution in [0.2, 0.25) is 0 Å². The molecule has 1 heterocycles. The molecule has 116 valence electrons. The minimum Gasteiger partial charge on any atom is -0.507 e. The van der Waals surface area contributed by atoms with Gasteiger partial charge in [-0.25, -0.2) is 0 Å². The average molecular weight is 305 g/mol. The number of methoxy groups -OCH3 is 2. The Labute approximate surface area is 126 Å². The summed E-state index contributed by atoms with van der Waals surface area (Å²) in [4.78, 5) is 24.1. The van der Waals surface area contributed by atoms with Crippen molar-refractivity contribution in [3.8, 4) is 5.75 Å². The van der Waals surface area contributed by atoms with Crippen LogP contribution in [-0.2, 0) is 19.0 Å². The fraction of sp³-hybridized carbons (Fsp3) is 0.333. The second-order valence-corrected chi connectivity index (χ2v) is 4.98. The van der Waals surface area contributed by atoms with E-state index in [-0.39, 0.29) is 22.8 Å². The van der Waals surface area contributed by atoms with Gasteiger partial charge in [0.05, 0.1) is 11.3 Å². The molecule has 7 heteroatoms. The van der Waals surface area contributed by atoms with Crippen LogP contribution in [0.15, 0.2) is 36.0 Å². The molecule has 1 amide bonds. The molecule has 1 aromatic carbocycles. The first kappa shape index (κ1) is 14.7. The molecule has 0 bridgehead atoms. The molecule has 0 saturated carbocycles. The zero-order valence-electron chi connectivity index (χ0n) is 12.0. The summed E-state index contributed by atoms with van der Waals surface area (Å²) in [6.07, 6.45) is 0.0318. The highest BCUT2D eigenvalue weighted by Crippen LogP contribution is 2.43. The number of hydrogen-bond acceptors (Lipinski definition) is 6. The van der Waals surface area contributed by atoms with Gasteiger partial charge in [-0.3, -0.25) is 9.59 Å². The third-order valence-electron chi connectivity index (χ3n) is 3.81. The van der Waals surface area contributed by atoms with Gasteiger partial charge in [0, 0.05) is 20.3 Å². The van der Waals surface area contributed by atoms with E-state index in [0.29, 0.717) is 0 Å². The van der Waals surface area contributed by atoms with Gasteiger partial charge in [-0.05, 0) is 12.1 Å². The maximum absolute atomic E-state index is 12.3. The van der Waals surface area contributed by atoms with Crippen molar-refractivity contribution in [2.75, 3.05) is 14.2 Å². The molecule has 2 atom stereocenters. The number of amides is 1. The standard InChI is InChI=1S/C15H15NO6/c1-20-15(21-2)11(7-10(18)12-13(15)22-12)16-14(19)8-5-3-4-6-9(8)17/h3-7,12-13,17H,1-2H3,(H,16,19)/t12-,13+/m0/s1. The summed E-state index contributed by atoms with van der Waals surface area (Å²) < 4.78 is 16.0. The lowest BCUT2D eigenvalue weighted by Crippen LogP contribution is -2.51. The summed E-state index contributed by atoms with van der Waals surface area (Å²) in [6, 6.07) is 6.09. The smallest absolute Gasteiger partial charge is 0.259 e. The van der Waals surface area contributed by atoms with E-state index in [0.717, 1.165) is 0 Å². The van der Waals surface area contributed by atoms with Gasteiger partial charge in [-0.2, -0.15) is 0 Å². The minimum absolute atomic E-state index is 0.0794. The van der Waals surface area contributed by atoms with E-state index in [1.807, 2.05) is 0 Å². The summed E-state index contributed by atoms with van der Waals surface area (Å²) >= 11 is 0. The number of hydrogen-bond donors (Lipinski definition) is 2. The Hall–Kier alpha value is -2.22. The fourth-order valence-corrected chi connectivity index (χ4v) is 2.61. The van der Waals surface area contributed by atoms with Crippen LogP contribution in [0.1, 0.15) is 10.4 Å². The van der Waals surface area contributed by atoms with E-state index in [1.54, 1.807) is 12.1 Å². The number of para-hydroxylation sites is 1. The monoisotopic (exact) mass is 305 g/mol. The van der Waals surface area contributed by atoms with E-state index < -0.39 is 23.9 Å². The Morgan fingerprint density at radius 1 is 1.32 bits per heavy atom. The minimum atomic E-state index is -1.35. The quantitative estimate of drug-likeness (QED) is 0.615. The Morgan fingerprint density at radius 2 is 2.00 bits per heavy atom. The molecule has 22 heavy (non-hydrogen) atoms. The maximum Gasteiger partial charge on any atom is 0.259 e. The topological polar surface area (TPSA) is 97.4 Å². The number of benzene rings is 1. The summed E-state index contributed by atoms with van der Waals surface area (Å²) in [5.74, 6) is -2.35. The number of nitrogens with one attached hydrogen (secondary N) is 1. The molecule has 0 spiro atoms. The van der Waals surface area contributed by atoms with Crippen LogP contribution in [0.3, 0.4) is 0 Å². The molecule has 1 saturated heterocycles. The predicted octanol–water partition coefficient (Wildman–Crippen LogP) is 0.345. The number of rotatable bonds is 4. The number of epoxide rings is 1. The summed E-state index contributed by atoms with van der Waals surface area (Å²) in [6.45, 7) is 0. The van der Waals surface area contributed by atoms with Crippen LogP contribution in [0.4, 0.5) is 0 Å².